The second kappa shape index (κ2) is 8.40. The maximum absolute atomic E-state index is 12.7. The SMILES string of the molecule is O=C(Nc1cccnc1N1CCC(O)CC1)OCC1c2ccccc2-c2ccccc21. The average Bonchev–Trinajstić information content (AvgIpc) is 3.12. The van der Waals surface area contributed by atoms with Crippen molar-refractivity contribution in [2.24, 2.45) is 0 Å². The van der Waals surface area contributed by atoms with Crippen LogP contribution in [0.1, 0.15) is 29.9 Å². The van der Waals surface area contributed by atoms with Gasteiger partial charge in [-0.1, -0.05) is 48.5 Å². The van der Waals surface area contributed by atoms with Crippen LogP contribution >= 0.6 is 0 Å². The number of benzene rings is 2. The molecule has 1 fully saturated rings. The average molecular weight is 415 g/mol. The summed E-state index contributed by atoms with van der Waals surface area (Å²) in [5.41, 5.74) is 5.40. The minimum Gasteiger partial charge on any atom is -0.448 e. The number of aliphatic hydroxyl groups is 1. The standard InChI is InChI=1S/C25H25N3O3/c29-17-11-14-28(15-12-17)24-23(10-5-13-26-24)27-25(30)31-16-22-20-8-3-1-6-18(20)19-7-2-4-9-21(19)22/h1-10,13,17,22,29H,11-12,14-16H2,(H,27,30). The third kappa shape index (κ3) is 3.86. The molecule has 1 aliphatic carbocycles. The number of anilines is 2. The molecule has 6 heteroatoms. The van der Waals surface area contributed by atoms with Gasteiger partial charge in [-0.05, 0) is 47.2 Å². The van der Waals surface area contributed by atoms with Gasteiger partial charge in [0.05, 0.1) is 11.8 Å². The van der Waals surface area contributed by atoms with Gasteiger partial charge in [-0.15, -0.1) is 0 Å². The van der Waals surface area contributed by atoms with Gasteiger partial charge >= 0.3 is 6.09 Å². The van der Waals surface area contributed by atoms with Crippen molar-refractivity contribution in [3.8, 4) is 11.1 Å². The highest BCUT2D eigenvalue weighted by molar-refractivity contribution is 5.89. The largest absolute Gasteiger partial charge is 0.448 e. The smallest absolute Gasteiger partial charge is 0.411 e. The molecule has 0 saturated carbocycles. The molecule has 2 N–H and O–H groups in total. The van der Waals surface area contributed by atoms with E-state index in [9.17, 15) is 9.90 Å². The maximum Gasteiger partial charge on any atom is 0.411 e. The number of aromatic nitrogens is 1. The van der Waals surface area contributed by atoms with Gasteiger partial charge in [0, 0.05) is 25.2 Å². The van der Waals surface area contributed by atoms with E-state index >= 15 is 0 Å². The van der Waals surface area contributed by atoms with Gasteiger partial charge in [-0.3, -0.25) is 5.32 Å². The molecule has 0 atom stereocenters. The number of piperidine rings is 1. The number of pyridine rings is 1. The van der Waals surface area contributed by atoms with Crippen LogP contribution in [0.4, 0.5) is 16.3 Å². The van der Waals surface area contributed by atoms with Gasteiger partial charge < -0.3 is 14.7 Å². The summed E-state index contributed by atoms with van der Waals surface area (Å²) in [5.74, 6) is 0.734. The number of carbonyl (C=O) groups is 1. The maximum atomic E-state index is 12.7. The van der Waals surface area contributed by atoms with E-state index < -0.39 is 6.09 Å². The van der Waals surface area contributed by atoms with Crippen LogP contribution in [0.5, 0.6) is 0 Å². The lowest BCUT2D eigenvalue weighted by Crippen LogP contribution is -2.37. The molecule has 5 rings (SSSR count). The number of carbonyl (C=O) groups excluding carboxylic acids is 1. The van der Waals surface area contributed by atoms with Gasteiger partial charge in [0.2, 0.25) is 0 Å². The Labute approximate surface area is 181 Å². The Morgan fingerprint density at radius 3 is 2.32 bits per heavy atom. The van der Waals surface area contributed by atoms with Crippen LogP contribution in [0, 0.1) is 0 Å². The normalized spacial score (nSPS) is 16.0. The van der Waals surface area contributed by atoms with E-state index in [1.54, 1.807) is 12.3 Å². The fourth-order valence-corrected chi connectivity index (χ4v) is 4.57. The van der Waals surface area contributed by atoms with E-state index in [0.717, 1.165) is 0 Å². The van der Waals surface area contributed by atoms with E-state index in [0.29, 0.717) is 37.4 Å². The second-order valence-electron chi connectivity index (χ2n) is 8.04. The summed E-state index contributed by atoms with van der Waals surface area (Å²) in [6.07, 6.45) is 2.34. The first kappa shape index (κ1) is 19.6. The van der Waals surface area contributed by atoms with E-state index in [2.05, 4.69) is 39.5 Å². The predicted octanol–water partition coefficient (Wildman–Crippen LogP) is 4.40. The zero-order chi connectivity index (χ0) is 21.2. The summed E-state index contributed by atoms with van der Waals surface area (Å²) in [4.78, 5) is 19.2. The van der Waals surface area contributed by atoms with Crippen LogP contribution in [0.15, 0.2) is 66.9 Å². The van der Waals surface area contributed by atoms with E-state index in [1.165, 1.54) is 22.3 Å². The van der Waals surface area contributed by atoms with Crippen molar-refractivity contribution in [3.63, 3.8) is 0 Å². The van der Waals surface area contributed by atoms with Gasteiger partial charge in [0.25, 0.3) is 0 Å². The number of rotatable bonds is 4. The molecule has 2 aromatic carbocycles. The molecule has 2 aliphatic rings. The first-order valence-corrected chi connectivity index (χ1v) is 10.7. The number of ether oxygens (including phenoxy) is 1. The van der Waals surface area contributed by atoms with Crippen LogP contribution < -0.4 is 10.2 Å². The zero-order valence-electron chi connectivity index (χ0n) is 17.2. The first-order chi connectivity index (χ1) is 15.2. The molecule has 31 heavy (non-hydrogen) atoms. The molecule has 1 amide bonds. The fourth-order valence-electron chi connectivity index (χ4n) is 4.57. The van der Waals surface area contributed by atoms with Crippen LogP contribution in [0.25, 0.3) is 11.1 Å². The lowest BCUT2D eigenvalue weighted by Gasteiger charge is -2.31. The fraction of sp³-hybridized carbons (Fsp3) is 0.280. The summed E-state index contributed by atoms with van der Waals surface area (Å²) in [7, 11) is 0. The molecular weight excluding hydrogens is 390 g/mol. The lowest BCUT2D eigenvalue weighted by atomic mass is 9.98. The van der Waals surface area contributed by atoms with E-state index in [-0.39, 0.29) is 18.6 Å². The molecule has 3 aromatic rings. The third-order valence-corrected chi connectivity index (χ3v) is 6.13. The molecule has 0 radical (unpaired) electrons. The van der Waals surface area contributed by atoms with E-state index in [4.69, 9.17) is 4.74 Å². The van der Waals surface area contributed by atoms with Gasteiger partial charge in [-0.2, -0.15) is 0 Å². The summed E-state index contributed by atoms with van der Waals surface area (Å²) >= 11 is 0. The number of amides is 1. The van der Waals surface area contributed by atoms with Crippen molar-refractivity contribution < 1.29 is 14.6 Å². The molecule has 158 valence electrons. The Morgan fingerprint density at radius 2 is 1.65 bits per heavy atom. The van der Waals surface area contributed by atoms with Crippen molar-refractivity contribution in [2.75, 3.05) is 29.9 Å². The zero-order valence-corrected chi connectivity index (χ0v) is 17.2. The van der Waals surface area contributed by atoms with Crippen molar-refractivity contribution in [2.45, 2.75) is 24.9 Å². The molecule has 1 saturated heterocycles. The second-order valence-corrected chi connectivity index (χ2v) is 8.04. The number of hydrogen-bond acceptors (Lipinski definition) is 5. The summed E-state index contributed by atoms with van der Waals surface area (Å²) in [6, 6.07) is 20.2. The van der Waals surface area contributed by atoms with Crippen molar-refractivity contribution in [1.82, 2.24) is 4.98 Å². The minimum absolute atomic E-state index is 0.0232. The van der Waals surface area contributed by atoms with Crippen LogP contribution in [-0.2, 0) is 4.74 Å². The van der Waals surface area contributed by atoms with Crippen LogP contribution in [0.3, 0.4) is 0 Å². The summed E-state index contributed by atoms with van der Waals surface area (Å²) in [5, 5.41) is 12.6. The molecule has 6 nitrogen and oxygen atoms in total. The molecule has 0 spiro atoms. The molecular formula is C25H25N3O3. The topological polar surface area (TPSA) is 74.7 Å². The van der Waals surface area contributed by atoms with Gasteiger partial charge in [-0.25, -0.2) is 9.78 Å². The Bertz CT molecular complexity index is 1050. The van der Waals surface area contributed by atoms with Crippen LogP contribution in [0.2, 0.25) is 0 Å². The molecule has 1 aromatic heterocycles. The molecule has 1 aliphatic heterocycles. The Hall–Kier alpha value is -3.38. The highest BCUT2D eigenvalue weighted by Gasteiger charge is 2.29. The predicted molar refractivity (Wildman–Crippen MR) is 120 cm³/mol. The van der Waals surface area contributed by atoms with Gasteiger partial charge in [0.1, 0.15) is 6.61 Å². The highest BCUT2D eigenvalue weighted by Crippen LogP contribution is 2.44. The molecule has 2 heterocycles. The molecule has 0 bridgehead atoms. The lowest BCUT2D eigenvalue weighted by molar-refractivity contribution is 0.145. The number of nitrogens with one attached hydrogen (secondary N) is 1. The quantitative estimate of drug-likeness (QED) is 0.661. The van der Waals surface area contributed by atoms with Crippen LogP contribution in [-0.4, -0.2) is 42.0 Å². The monoisotopic (exact) mass is 415 g/mol. The van der Waals surface area contributed by atoms with E-state index in [1.807, 2.05) is 30.3 Å². The van der Waals surface area contributed by atoms with Gasteiger partial charge in [0.15, 0.2) is 5.82 Å². The summed E-state index contributed by atoms with van der Waals surface area (Å²) in [6.45, 7) is 1.68. The highest BCUT2D eigenvalue weighted by atomic mass is 16.5. The molecule has 0 unspecified atom stereocenters. The third-order valence-electron chi connectivity index (χ3n) is 6.13. The Balaban J connectivity index is 1.29. The number of fused-ring (bicyclic) bond motifs is 3. The first-order valence-electron chi connectivity index (χ1n) is 10.7. The minimum atomic E-state index is -0.492. The van der Waals surface area contributed by atoms with Crippen molar-refractivity contribution in [1.29, 1.82) is 0 Å². The van der Waals surface area contributed by atoms with Crippen molar-refractivity contribution in [3.05, 3.63) is 78.0 Å². The van der Waals surface area contributed by atoms with Crippen molar-refractivity contribution >= 4 is 17.6 Å². The number of hydrogen-bond donors (Lipinski definition) is 2. The number of aliphatic hydroxyl groups excluding tert-OH is 1. The Kier molecular flexibility index (Phi) is 5.30. The number of nitrogens with zero attached hydrogens (tertiary/aromatic N) is 2. The Morgan fingerprint density at radius 1 is 1.00 bits per heavy atom. The summed E-state index contributed by atoms with van der Waals surface area (Å²) < 4.78 is 5.67.